The second kappa shape index (κ2) is 10.1. The van der Waals surface area contributed by atoms with Crippen LogP contribution < -0.4 is 10.6 Å². The van der Waals surface area contributed by atoms with Gasteiger partial charge in [-0.1, -0.05) is 24.3 Å². The van der Waals surface area contributed by atoms with Crippen LogP contribution in [0.4, 0.5) is 31.5 Å². The van der Waals surface area contributed by atoms with E-state index in [-0.39, 0.29) is 16.9 Å². The van der Waals surface area contributed by atoms with Crippen molar-refractivity contribution in [3.05, 3.63) is 110 Å². The van der Waals surface area contributed by atoms with E-state index >= 15 is 0 Å². The minimum Gasteiger partial charge on any atom is -0.316 e. The highest BCUT2D eigenvalue weighted by Crippen LogP contribution is 2.26. The molecule has 34 heavy (non-hydrogen) atoms. The van der Waals surface area contributed by atoms with Gasteiger partial charge in [-0.05, 0) is 30.3 Å². The highest BCUT2D eigenvalue weighted by Gasteiger charge is 2.25. The van der Waals surface area contributed by atoms with Crippen molar-refractivity contribution in [3.63, 3.8) is 0 Å². The second-order valence-corrected chi connectivity index (χ2v) is 6.68. The van der Waals surface area contributed by atoms with Crippen molar-refractivity contribution in [2.45, 2.75) is 0 Å². The van der Waals surface area contributed by atoms with Crippen molar-refractivity contribution < 1.29 is 28.2 Å². The monoisotopic (exact) mass is 468 g/mol. The van der Waals surface area contributed by atoms with Gasteiger partial charge in [-0.25, -0.2) is 8.78 Å². The Morgan fingerprint density at radius 1 is 0.765 bits per heavy atom. The fraction of sp³-hybridized carbons (Fsp3) is 0. The van der Waals surface area contributed by atoms with E-state index in [1.807, 2.05) is 0 Å². The van der Waals surface area contributed by atoms with E-state index in [9.17, 15) is 38.6 Å². The summed E-state index contributed by atoms with van der Waals surface area (Å²) in [5.41, 5.74) is -2.53. The molecule has 0 saturated heterocycles. The fourth-order valence-electron chi connectivity index (χ4n) is 2.86. The molecule has 12 heteroatoms. The number of halogens is 2. The lowest BCUT2D eigenvalue weighted by atomic mass is 10.1. The van der Waals surface area contributed by atoms with Crippen LogP contribution in [0, 0.1) is 31.9 Å². The van der Waals surface area contributed by atoms with E-state index in [4.69, 9.17) is 0 Å². The predicted molar refractivity (Wildman–Crippen MR) is 118 cm³/mol. The molecule has 0 unspecified atom stereocenters. The molecule has 0 atom stereocenters. The largest absolute Gasteiger partial charge is 0.316 e. The minimum absolute atomic E-state index is 0.249. The van der Waals surface area contributed by atoms with Crippen LogP contribution in [0.5, 0.6) is 0 Å². The third kappa shape index (κ3) is 5.43. The molecule has 0 aromatic heterocycles. The van der Waals surface area contributed by atoms with E-state index < -0.39 is 50.2 Å². The molecule has 10 nitrogen and oxygen atoms in total. The molecule has 0 spiro atoms. The van der Waals surface area contributed by atoms with Gasteiger partial charge in [0.15, 0.2) is 0 Å². The van der Waals surface area contributed by atoms with Gasteiger partial charge in [-0.2, -0.15) is 0 Å². The molecule has 2 amide bonds. The first-order valence-corrected chi connectivity index (χ1v) is 9.43. The van der Waals surface area contributed by atoms with Crippen LogP contribution >= 0.6 is 0 Å². The lowest BCUT2D eigenvalue weighted by Crippen LogP contribution is -2.26. The third-order valence-electron chi connectivity index (χ3n) is 4.45. The zero-order valence-electron chi connectivity index (χ0n) is 17.0. The Morgan fingerprint density at radius 3 is 1.68 bits per heavy atom. The number of carbonyl (C=O) groups excluding carboxylic acids is 2. The van der Waals surface area contributed by atoms with E-state index in [1.54, 1.807) is 0 Å². The molecule has 0 radical (unpaired) electrons. The van der Waals surface area contributed by atoms with E-state index in [1.165, 1.54) is 36.4 Å². The predicted octanol–water partition coefficient (Wildman–Crippen LogP) is 4.44. The van der Waals surface area contributed by atoms with Crippen molar-refractivity contribution in [2.75, 3.05) is 10.6 Å². The number of rotatable bonds is 7. The number of hydrogen-bond donors (Lipinski definition) is 2. The molecular weight excluding hydrogens is 454 g/mol. The number of nitro benzene ring substituents is 2. The average molecular weight is 468 g/mol. The van der Waals surface area contributed by atoms with Crippen LogP contribution in [-0.4, -0.2) is 21.7 Å². The molecule has 0 aliphatic carbocycles. The molecule has 0 saturated carbocycles. The number of anilines is 2. The van der Waals surface area contributed by atoms with Crippen molar-refractivity contribution in [2.24, 2.45) is 0 Å². The lowest BCUT2D eigenvalue weighted by molar-refractivity contribution is -0.384. The molecular formula is C22H14F2N4O6. The highest BCUT2D eigenvalue weighted by atomic mass is 19.1. The summed E-state index contributed by atoms with van der Waals surface area (Å²) in [6, 6.07) is 12.6. The SMILES string of the molecule is O=C(Nc1ccccc1[N+](=O)[O-])C(=Cc1ccc(F)cc1F)C(=O)Nc1ccccc1[N+](=O)[O-]. The normalized spacial score (nSPS) is 10.2. The van der Waals surface area contributed by atoms with Crippen molar-refractivity contribution in [3.8, 4) is 0 Å². The quantitative estimate of drug-likeness (QED) is 0.172. The van der Waals surface area contributed by atoms with E-state index in [0.29, 0.717) is 6.07 Å². The van der Waals surface area contributed by atoms with Gasteiger partial charge in [0.25, 0.3) is 23.2 Å². The van der Waals surface area contributed by atoms with Gasteiger partial charge in [0.2, 0.25) is 0 Å². The Kier molecular flexibility index (Phi) is 7.01. The zero-order chi connectivity index (χ0) is 24.8. The van der Waals surface area contributed by atoms with E-state index in [2.05, 4.69) is 10.6 Å². The van der Waals surface area contributed by atoms with Crippen LogP contribution in [0.2, 0.25) is 0 Å². The topological polar surface area (TPSA) is 144 Å². The highest BCUT2D eigenvalue weighted by molar-refractivity contribution is 6.29. The first kappa shape index (κ1) is 23.7. The maximum Gasteiger partial charge on any atom is 0.292 e. The second-order valence-electron chi connectivity index (χ2n) is 6.68. The molecule has 2 N–H and O–H groups in total. The Hall–Kier alpha value is -5.00. The minimum atomic E-state index is -1.17. The fourth-order valence-corrected chi connectivity index (χ4v) is 2.86. The Balaban J connectivity index is 2.03. The molecule has 3 aromatic rings. The van der Waals surface area contributed by atoms with Gasteiger partial charge in [-0.15, -0.1) is 0 Å². The van der Waals surface area contributed by atoms with Crippen LogP contribution in [0.25, 0.3) is 6.08 Å². The average Bonchev–Trinajstić information content (AvgIpc) is 2.78. The zero-order valence-corrected chi connectivity index (χ0v) is 17.0. The van der Waals surface area contributed by atoms with Gasteiger partial charge in [0, 0.05) is 23.8 Å². The van der Waals surface area contributed by atoms with Crippen LogP contribution in [0.3, 0.4) is 0 Å². The van der Waals surface area contributed by atoms with Crippen molar-refractivity contribution in [1.29, 1.82) is 0 Å². The number of benzene rings is 3. The van der Waals surface area contributed by atoms with Gasteiger partial charge in [0.1, 0.15) is 28.6 Å². The smallest absolute Gasteiger partial charge is 0.292 e. The summed E-state index contributed by atoms with van der Waals surface area (Å²) >= 11 is 0. The standard InChI is InChI=1S/C22H14F2N4O6/c23-14-10-9-13(16(24)12-14)11-15(21(29)25-17-5-1-3-7-19(17)27(31)32)22(30)26-18-6-2-4-8-20(18)28(33)34/h1-12H,(H,25,29)(H,26,30). The van der Waals surface area contributed by atoms with Gasteiger partial charge < -0.3 is 10.6 Å². The molecule has 0 fully saturated rings. The Bertz CT molecular complexity index is 1270. The molecule has 0 aliphatic rings. The summed E-state index contributed by atoms with van der Waals surface area (Å²) in [5.74, 6) is -4.33. The number of hydrogen-bond acceptors (Lipinski definition) is 6. The van der Waals surface area contributed by atoms with Gasteiger partial charge in [0.05, 0.1) is 9.85 Å². The molecule has 0 heterocycles. The maximum atomic E-state index is 14.2. The summed E-state index contributed by atoms with van der Waals surface area (Å²) < 4.78 is 27.5. The van der Waals surface area contributed by atoms with Crippen LogP contribution in [0.1, 0.15) is 5.56 Å². The molecule has 3 aromatic carbocycles. The molecule has 3 rings (SSSR count). The summed E-state index contributed by atoms with van der Waals surface area (Å²) in [5, 5.41) is 26.9. The number of amides is 2. The first-order chi connectivity index (χ1) is 16.2. The summed E-state index contributed by atoms with van der Waals surface area (Å²) in [4.78, 5) is 46.8. The lowest BCUT2D eigenvalue weighted by Gasteiger charge is -2.11. The summed E-state index contributed by atoms with van der Waals surface area (Å²) in [7, 11) is 0. The number of para-hydroxylation sites is 4. The van der Waals surface area contributed by atoms with Crippen LogP contribution in [-0.2, 0) is 9.59 Å². The molecule has 0 bridgehead atoms. The Labute approximate surface area is 189 Å². The molecule has 172 valence electrons. The third-order valence-corrected chi connectivity index (χ3v) is 4.45. The van der Waals surface area contributed by atoms with Crippen molar-refractivity contribution >= 4 is 40.6 Å². The van der Waals surface area contributed by atoms with Crippen molar-refractivity contribution in [1.82, 2.24) is 0 Å². The summed E-state index contributed by atoms with van der Waals surface area (Å²) in [6.07, 6.45) is 0.795. The number of nitro groups is 2. The van der Waals surface area contributed by atoms with E-state index in [0.717, 1.165) is 30.3 Å². The maximum absolute atomic E-state index is 14.2. The summed E-state index contributed by atoms with van der Waals surface area (Å²) in [6.45, 7) is 0. The first-order valence-electron chi connectivity index (χ1n) is 9.43. The number of carbonyl (C=O) groups is 2. The van der Waals surface area contributed by atoms with Crippen LogP contribution in [0.15, 0.2) is 72.3 Å². The molecule has 0 aliphatic heterocycles. The number of nitrogens with one attached hydrogen (secondary N) is 2. The Morgan fingerprint density at radius 2 is 1.24 bits per heavy atom. The number of nitrogens with zero attached hydrogens (tertiary/aromatic N) is 2. The van der Waals surface area contributed by atoms with Gasteiger partial charge in [-0.3, -0.25) is 29.8 Å². The van der Waals surface area contributed by atoms with Gasteiger partial charge >= 0.3 is 0 Å².